The smallest absolute Gasteiger partial charge is 0.284 e. The van der Waals surface area contributed by atoms with Gasteiger partial charge in [-0.05, 0) is 20.2 Å². The van der Waals surface area contributed by atoms with E-state index in [1.54, 1.807) is 25.4 Å². The molecular formula is C16H21N5O3S. The second-order valence-electron chi connectivity index (χ2n) is 6.09. The first-order valence-electron chi connectivity index (χ1n) is 7.79. The molecule has 1 aliphatic rings. The first-order valence-corrected chi connectivity index (χ1v) is 9.23. The van der Waals surface area contributed by atoms with Crippen molar-refractivity contribution in [3.05, 3.63) is 41.6 Å². The van der Waals surface area contributed by atoms with Gasteiger partial charge in [0, 0.05) is 32.4 Å². The number of nitrogens with zero attached hydrogens (tertiary/aromatic N) is 5. The molecule has 1 aliphatic heterocycles. The number of rotatable bonds is 4. The van der Waals surface area contributed by atoms with Crippen molar-refractivity contribution in [2.75, 3.05) is 38.6 Å². The normalized spacial score (nSPS) is 17.3. The van der Waals surface area contributed by atoms with Crippen molar-refractivity contribution < 1.29 is 13.3 Å². The maximum atomic E-state index is 12.9. The monoisotopic (exact) mass is 363 g/mol. The van der Waals surface area contributed by atoms with Crippen LogP contribution in [0, 0.1) is 0 Å². The Balaban J connectivity index is 2.17. The summed E-state index contributed by atoms with van der Waals surface area (Å²) in [7, 11) is 3.31. The molecule has 0 N–H and O–H groups in total. The predicted molar refractivity (Wildman–Crippen MR) is 95.4 cm³/mol. The van der Waals surface area contributed by atoms with Crippen LogP contribution in [0.5, 0.6) is 0 Å². The van der Waals surface area contributed by atoms with Crippen LogP contribution in [0.1, 0.15) is 11.1 Å². The second kappa shape index (κ2) is 6.49. The van der Waals surface area contributed by atoms with Gasteiger partial charge in [0.25, 0.3) is 10.0 Å². The molecule has 1 aromatic carbocycles. The van der Waals surface area contributed by atoms with E-state index in [4.69, 9.17) is 4.84 Å². The minimum Gasteiger partial charge on any atom is -0.394 e. The van der Waals surface area contributed by atoms with Crippen LogP contribution < -0.4 is 4.31 Å². The summed E-state index contributed by atoms with van der Waals surface area (Å²) in [6, 6.07) is 7.21. The Labute approximate surface area is 147 Å². The van der Waals surface area contributed by atoms with E-state index in [0.29, 0.717) is 35.7 Å². The molecule has 0 aliphatic carbocycles. The van der Waals surface area contributed by atoms with Crippen LogP contribution in [0.15, 0.2) is 40.6 Å². The molecule has 2 heterocycles. The van der Waals surface area contributed by atoms with Gasteiger partial charge in [0.2, 0.25) is 5.03 Å². The van der Waals surface area contributed by atoms with Crippen molar-refractivity contribution in [3.8, 4) is 0 Å². The van der Waals surface area contributed by atoms with Crippen molar-refractivity contribution in [2.24, 2.45) is 12.2 Å². The zero-order valence-corrected chi connectivity index (χ0v) is 15.5. The zero-order valence-electron chi connectivity index (χ0n) is 14.7. The summed E-state index contributed by atoms with van der Waals surface area (Å²) in [4.78, 5) is 7.44. The van der Waals surface area contributed by atoms with Crippen LogP contribution >= 0.6 is 0 Å². The number of aryl methyl sites for hydroxylation is 1. The summed E-state index contributed by atoms with van der Waals surface area (Å²) in [5.74, 6) is 0. The fourth-order valence-electron chi connectivity index (χ4n) is 2.61. The first kappa shape index (κ1) is 17.4. The zero-order chi connectivity index (χ0) is 18.2. The Morgan fingerprint density at radius 1 is 1.20 bits per heavy atom. The maximum Gasteiger partial charge on any atom is 0.284 e. The average molecular weight is 363 g/mol. The van der Waals surface area contributed by atoms with Gasteiger partial charge in [-0.25, -0.2) is 0 Å². The Morgan fingerprint density at radius 2 is 1.92 bits per heavy atom. The van der Waals surface area contributed by atoms with Gasteiger partial charge in [0.1, 0.15) is 12.3 Å². The highest BCUT2D eigenvalue weighted by Gasteiger charge is 2.36. The largest absolute Gasteiger partial charge is 0.394 e. The molecule has 134 valence electrons. The van der Waals surface area contributed by atoms with E-state index < -0.39 is 10.0 Å². The molecule has 0 bridgehead atoms. The molecule has 0 saturated carbocycles. The third-order valence-corrected chi connectivity index (χ3v) is 5.65. The SMILES string of the molecule is CN(C)CCON=C1c2ccccc2N(C)S(=O)(=O)c2nn(C)cc21. The van der Waals surface area contributed by atoms with Gasteiger partial charge in [0.05, 0.1) is 11.3 Å². The van der Waals surface area contributed by atoms with E-state index in [1.165, 1.54) is 16.0 Å². The van der Waals surface area contributed by atoms with Gasteiger partial charge in [-0.2, -0.15) is 13.5 Å². The van der Waals surface area contributed by atoms with Crippen molar-refractivity contribution in [3.63, 3.8) is 0 Å². The number of benzene rings is 1. The first-order chi connectivity index (χ1) is 11.8. The molecule has 0 fully saturated rings. The lowest BCUT2D eigenvalue weighted by atomic mass is 10.0. The number of sulfonamides is 1. The third kappa shape index (κ3) is 3.12. The van der Waals surface area contributed by atoms with Crippen LogP contribution in [-0.2, 0) is 21.9 Å². The molecule has 0 radical (unpaired) electrons. The number of anilines is 1. The number of likely N-dealkylation sites (N-methyl/N-ethyl adjacent to an activating group) is 1. The molecule has 0 amide bonds. The topological polar surface area (TPSA) is 80.0 Å². The van der Waals surface area contributed by atoms with Gasteiger partial charge >= 0.3 is 0 Å². The minimum atomic E-state index is -3.77. The molecule has 0 saturated heterocycles. The molecule has 9 heteroatoms. The fraction of sp³-hybridized carbons (Fsp3) is 0.375. The van der Waals surface area contributed by atoms with E-state index >= 15 is 0 Å². The Morgan fingerprint density at radius 3 is 2.64 bits per heavy atom. The highest BCUT2D eigenvalue weighted by Crippen LogP contribution is 2.33. The van der Waals surface area contributed by atoms with Crippen molar-refractivity contribution in [2.45, 2.75) is 5.03 Å². The molecule has 25 heavy (non-hydrogen) atoms. The van der Waals surface area contributed by atoms with E-state index in [2.05, 4.69) is 10.3 Å². The summed E-state index contributed by atoms with van der Waals surface area (Å²) in [6.07, 6.45) is 1.65. The Bertz CT molecular complexity index is 918. The molecule has 2 aromatic rings. The maximum absolute atomic E-state index is 12.9. The lowest BCUT2D eigenvalue weighted by Gasteiger charge is -2.18. The lowest BCUT2D eigenvalue weighted by molar-refractivity contribution is 0.126. The Hall–Kier alpha value is -2.39. The van der Waals surface area contributed by atoms with Crippen molar-refractivity contribution >= 4 is 21.4 Å². The van der Waals surface area contributed by atoms with Crippen LogP contribution in [-0.4, -0.2) is 63.1 Å². The molecule has 0 unspecified atom stereocenters. The van der Waals surface area contributed by atoms with Crippen LogP contribution in [0.25, 0.3) is 0 Å². The minimum absolute atomic E-state index is 0.0244. The Kier molecular flexibility index (Phi) is 4.53. The third-order valence-electron chi connectivity index (χ3n) is 3.94. The predicted octanol–water partition coefficient (Wildman–Crippen LogP) is 0.889. The van der Waals surface area contributed by atoms with Gasteiger partial charge in [-0.3, -0.25) is 8.99 Å². The molecule has 0 spiro atoms. The number of hydrogen-bond acceptors (Lipinski definition) is 6. The number of fused-ring (bicyclic) bond motifs is 2. The highest BCUT2D eigenvalue weighted by molar-refractivity contribution is 7.92. The van der Waals surface area contributed by atoms with Crippen molar-refractivity contribution in [1.29, 1.82) is 0 Å². The molecule has 1 aromatic heterocycles. The van der Waals surface area contributed by atoms with E-state index in [0.717, 1.165) is 0 Å². The number of aromatic nitrogens is 2. The number of hydrogen-bond donors (Lipinski definition) is 0. The summed E-state index contributed by atoms with van der Waals surface area (Å²) in [5.41, 5.74) is 2.12. The molecule has 0 atom stereocenters. The summed E-state index contributed by atoms with van der Waals surface area (Å²) in [6.45, 7) is 1.10. The van der Waals surface area contributed by atoms with Crippen LogP contribution in [0.3, 0.4) is 0 Å². The molecule has 3 rings (SSSR count). The van der Waals surface area contributed by atoms with Gasteiger partial charge < -0.3 is 9.74 Å². The van der Waals surface area contributed by atoms with Gasteiger partial charge in [0.15, 0.2) is 0 Å². The quantitative estimate of drug-likeness (QED) is 0.595. The molecule has 8 nitrogen and oxygen atoms in total. The van der Waals surface area contributed by atoms with Gasteiger partial charge in [-0.15, -0.1) is 0 Å². The standard InChI is InChI=1S/C16H21N5O3S/c1-19(2)9-10-24-18-15-12-7-5-6-8-14(12)21(4)25(22,23)16-13(15)11-20(3)17-16/h5-8,11H,9-10H2,1-4H3. The van der Waals surface area contributed by atoms with Crippen molar-refractivity contribution in [1.82, 2.24) is 14.7 Å². The van der Waals surface area contributed by atoms with E-state index in [1.807, 2.05) is 31.1 Å². The van der Waals surface area contributed by atoms with E-state index in [-0.39, 0.29) is 5.03 Å². The van der Waals surface area contributed by atoms with Crippen LogP contribution in [0.4, 0.5) is 5.69 Å². The summed E-state index contributed by atoms with van der Waals surface area (Å²) >= 11 is 0. The van der Waals surface area contributed by atoms with Crippen LogP contribution in [0.2, 0.25) is 0 Å². The molecular weight excluding hydrogens is 342 g/mol. The average Bonchev–Trinajstić information content (AvgIpc) is 2.94. The van der Waals surface area contributed by atoms with Gasteiger partial charge in [-0.1, -0.05) is 23.4 Å². The second-order valence-corrected chi connectivity index (χ2v) is 7.97. The van der Waals surface area contributed by atoms with E-state index in [9.17, 15) is 8.42 Å². The summed E-state index contributed by atoms with van der Waals surface area (Å²) < 4.78 is 28.5. The highest BCUT2D eigenvalue weighted by atomic mass is 32.2. The fourth-order valence-corrected chi connectivity index (χ4v) is 3.94. The lowest BCUT2D eigenvalue weighted by Crippen LogP contribution is -2.27. The summed E-state index contributed by atoms with van der Waals surface area (Å²) in [5, 5.41) is 8.38. The number of oxime groups is 1. The number of para-hydroxylation sites is 1.